The first-order chi connectivity index (χ1) is 7.63. The molecule has 0 radical (unpaired) electrons. The standard InChI is InChI=1S/C14H18O2/c1-11(2)9-13(10-14(15)16-3)12-7-5-4-6-8-12/h4-8,13H,1,9-10H2,2-3H3. The molecular formula is C14H18O2. The number of carbonyl (C=O) groups excluding carboxylic acids is 1. The summed E-state index contributed by atoms with van der Waals surface area (Å²) in [6, 6.07) is 10.0. The normalized spacial score (nSPS) is 11.9. The molecule has 0 bridgehead atoms. The SMILES string of the molecule is C=C(C)CC(CC(=O)OC)c1ccccc1. The first-order valence-corrected chi connectivity index (χ1v) is 5.39. The second kappa shape index (κ2) is 6.11. The second-order valence-electron chi connectivity index (χ2n) is 4.05. The van der Waals surface area contributed by atoms with Crippen LogP contribution >= 0.6 is 0 Å². The molecular weight excluding hydrogens is 200 g/mol. The summed E-state index contributed by atoms with van der Waals surface area (Å²) >= 11 is 0. The molecule has 1 unspecified atom stereocenters. The molecule has 1 atom stereocenters. The van der Waals surface area contributed by atoms with E-state index >= 15 is 0 Å². The van der Waals surface area contributed by atoms with Crippen LogP contribution in [-0.4, -0.2) is 13.1 Å². The number of rotatable bonds is 5. The average molecular weight is 218 g/mol. The maximum absolute atomic E-state index is 11.3. The van der Waals surface area contributed by atoms with E-state index < -0.39 is 0 Å². The minimum absolute atomic E-state index is 0.171. The number of allylic oxidation sites excluding steroid dienone is 1. The number of benzene rings is 1. The maximum atomic E-state index is 11.3. The van der Waals surface area contributed by atoms with Gasteiger partial charge in [0.15, 0.2) is 0 Å². The van der Waals surface area contributed by atoms with Gasteiger partial charge in [-0.1, -0.05) is 35.9 Å². The number of hydrogen-bond donors (Lipinski definition) is 0. The Morgan fingerprint density at radius 3 is 2.44 bits per heavy atom. The molecule has 0 aliphatic rings. The Kier molecular flexibility index (Phi) is 4.77. The van der Waals surface area contributed by atoms with E-state index in [-0.39, 0.29) is 11.9 Å². The lowest BCUT2D eigenvalue weighted by molar-refractivity contribution is -0.141. The van der Waals surface area contributed by atoms with E-state index in [1.165, 1.54) is 7.11 Å². The highest BCUT2D eigenvalue weighted by molar-refractivity contribution is 5.70. The van der Waals surface area contributed by atoms with Crippen LogP contribution in [0.1, 0.15) is 31.2 Å². The van der Waals surface area contributed by atoms with Gasteiger partial charge in [-0.25, -0.2) is 0 Å². The van der Waals surface area contributed by atoms with Gasteiger partial charge in [-0.15, -0.1) is 6.58 Å². The largest absolute Gasteiger partial charge is 0.469 e. The molecule has 0 heterocycles. The average Bonchev–Trinajstić information content (AvgIpc) is 2.28. The lowest BCUT2D eigenvalue weighted by Crippen LogP contribution is -2.09. The number of hydrogen-bond acceptors (Lipinski definition) is 2. The van der Waals surface area contributed by atoms with Crippen LogP contribution in [0.4, 0.5) is 0 Å². The van der Waals surface area contributed by atoms with E-state index in [4.69, 9.17) is 4.74 Å². The first kappa shape index (κ1) is 12.5. The zero-order chi connectivity index (χ0) is 12.0. The molecule has 1 aromatic carbocycles. The summed E-state index contributed by atoms with van der Waals surface area (Å²) in [7, 11) is 1.42. The minimum atomic E-state index is -0.171. The number of methoxy groups -OCH3 is 1. The highest BCUT2D eigenvalue weighted by Crippen LogP contribution is 2.26. The minimum Gasteiger partial charge on any atom is -0.469 e. The van der Waals surface area contributed by atoms with Crippen LogP contribution in [0.5, 0.6) is 0 Å². The third kappa shape index (κ3) is 3.89. The molecule has 1 rings (SSSR count). The van der Waals surface area contributed by atoms with Gasteiger partial charge in [0.2, 0.25) is 0 Å². The third-order valence-corrected chi connectivity index (χ3v) is 2.51. The lowest BCUT2D eigenvalue weighted by atomic mass is 9.90. The summed E-state index contributed by atoms with van der Waals surface area (Å²) in [6.07, 6.45) is 1.23. The van der Waals surface area contributed by atoms with Crippen LogP contribution < -0.4 is 0 Å². The highest BCUT2D eigenvalue weighted by Gasteiger charge is 2.16. The van der Waals surface area contributed by atoms with Gasteiger partial charge in [-0.3, -0.25) is 4.79 Å². The molecule has 0 spiro atoms. The molecule has 0 amide bonds. The van der Waals surface area contributed by atoms with E-state index in [2.05, 4.69) is 6.58 Å². The Bertz CT molecular complexity index is 354. The summed E-state index contributed by atoms with van der Waals surface area (Å²) in [6.45, 7) is 5.88. The molecule has 0 fully saturated rings. The van der Waals surface area contributed by atoms with Crippen LogP contribution in [0, 0.1) is 0 Å². The van der Waals surface area contributed by atoms with Crippen molar-refractivity contribution in [2.45, 2.75) is 25.7 Å². The van der Waals surface area contributed by atoms with Crippen molar-refractivity contribution in [3.63, 3.8) is 0 Å². The summed E-state index contributed by atoms with van der Waals surface area (Å²) in [5, 5.41) is 0. The molecule has 0 saturated carbocycles. The van der Waals surface area contributed by atoms with Crippen LogP contribution in [0.25, 0.3) is 0 Å². The van der Waals surface area contributed by atoms with Crippen LogP contribution in [-0.2, 0) is 9.53 Å². The molecule has 0 aliphatic heterocycles. The van der Waals surface area contributed by atoms with Gasteiger partial charge in [0, 0.05) is 0 Å². The van der Waals surface area contributed by atoms with Crippen molar-refractivity contribution < 1.29 is 9.53 Å². The van der Waals surface area contributed by atoms with Gasteiger partial charge in [-0.05, 0) is 24.8 Å². The predicted octanol–water partition coefficient (Wildman–Crippen LogP) is 3.30. The fourth-order valence-corrected chi connectivity index (χ4v) is 1.74. The molecule has 2 nitrogen and oxygen atoms in total. The molecule has 86 valence electrons. The topological polar surface area (TPSA) is 26.3 Å². The second-order valence-corrected chi connectivity index (χ2v) is 4.05. The monoisotopic (exact) mass is 218 g/mol. The van der Waals surface area contributed by atoms with E-state index in [1.54, 1.807) is 0 Å². The third-order valence-electron chi connectivity index (χ3n) is 2.51. The van der Waals surface area contributed by atoms with E-state index in [0.717, 1.165) is 17.6 Å². The Morgan fingerprint density at radius 2 is 1.94 bits per heavy atom. The van der Waals surface area contributed by atoms with Crippen LogP contribution in [0.3, 0.4) is 0 Å². The predicted molar refractivity (Wildman–Crippen MR) is 65.2 cm³/mol. The fraction of sp³-hybridized carbons (Fsp3) is 0.357. The molecule has 2 heteroatoms. The van der Waals surface area contributed by atoms with Crippen molar-refractivity contribution in [2.75, 3.05) is 7.11 Å². The Hall–Kier alpha value is -1.57. The first-order valence-electron chi connectivity index (χ1n) is 5.39. The zero-order valence-electron chi connectivity index (χ0n) is 9.90. The maximum Gasteiger partial charge on any atom is 0.306 e. The van der Waals surface area contributed by atoms with Crippen LogP contribution in [0.2, 0.25) is 0 Å². The van der Waals surface area contributed by atoms with E-state index in [9.17, 15) is 4.79 Å². The quantitative estimate of drug-likeness (QED) is 0.560. The smallest absolute Gasteiger partial charge is 0.306 e. The van der Waals surface area contributed by atoms with Crippen LogP contribution in [0.15, 0.2) is 42.5 Å². The van der Waals surface area contributed by atoms with Crippen molar-refractivity contribution in [3.05, 3.63) is 48.0 Å². The van der Waals surface area contributed by atoms with Gasteiger partial charge in [0.25, 0.3) is 0 Å². The Morgan fingerprint density at radius 1 is 1.31 bits per heavy atom. The Balaban J connectivity index is 2.79. The lowest BCUT2D eigenvalue weighted by Gasteiger charge is -2.16. The number of carbonyl (C=O) groups is 1. The number of esters is 1. The fourth-order valence-electron chi connectivity index (χ4n) is 1.74. The van der Waals surface area contributed by atoms with Crippen molar-refractivity contribution in [1.82, 2.24) is 0 Å². The van der Waals surface area contributed by atoms with Crippen molar-refractivity contribution in [2.24, 2.45) is 0 Å². The summed E-state index contributed by atoms with van der Waals surface area (Å²) in [5.41, 5.74) is 2.24. The summed E-state index contributed by atoms with van der Waals surface area (Å²) < 4.78 is 4.72. The summed E-state index contributed by atoms with van der Waals surface area (Å²) in [4.78, 5) is 11.3. The van der Waals surface area contributed by atoms with E-state index in [1.807, 2.05) is 37.3 Å². The van der Waals surface area contributed by atoms with E-state index in [0.29, 0.717) is 6.42 Å². The summed E-state index contributed by atoms with van der Waals surface area (Å²) in [5.74, 6) is 0.00116. The molecule has 16 heavy (non-hydrogen) atoms. The number of ether oxygens (including phenoxy) is 1. The van der Waals surface area contributed by atoms with Gasteiger partial charge in [0.05, 0.1) is 13.5 Å². The molecule has 0 aliphatic carbocycles. The molecule has 0 saturated heterocycles. The van der Waals surface area contributed by atoms with Crippen molar-refractivity contribution in [1.29, 1.82) is 0 Å². The van der Waals surface area contributed by atoms with Crippen molar-refractivity contribution in [3.8, 4) is 0 Å². The Labute approximate surface area is 96.9 Å². The van der Waals surface area contributed by atoms with Crippen molar-refractivity contribution >= 4 is 5.97 Å². The molecule has 0 N–H and O–H groups in total. The van der Waals surface area contributed by atoms with Gasteiger partial charge in [-0.2, -0.15) is 0 Å². The molecule has 1 aromatic rings. The zero-order valence-corrected chi connectivity index (χ0v) is 9.90. The molecule has 0 aromatic heterocycles. The van der Waals surface area contributed by atoms with Gasteiger partial charge >= 0.3 is 5.97 Å². The van der Waals surface area contributed by atoms with Gasteiger partial charge in [0.1, 0.15) is 0 Å². The highest BCUT2D eigenvalue weighted by atomic mass is 16.5. The van der Waals surface area contributed by atoms with Gasteiger partial charge < -0.3 is 4.74 Å².